The topological polar surface area (TPSA) is 43.1 Å². The van der Waals surface area contributed by atoms with Gasteiger partial charge in [0.1, 0.15) is 6.33 Å². The number of halogens is 1. The highest BCUT2D eigenvalue weighted by Gasteiger charge is 1.98. The number of rotatable bonds is 0. The fraction of sp³-hybridized carbons (Fsp3) is 0. The van der Waals surface area contributed by atoms with Crippen molar-refractivity contribution in [3.8, 4) is 0 Å². The second-order valence-corrected chi connectivity index (χ2v) is 2.12. The summed E-state index contributed by atoms with van der Waals surface area (Å²) in [5, 5.41) is 7.73. The van der Waals surface area contributed by atoms with Crippen LogP contribution in [0.15, 0.2) is 18.6 Å². The normalized spacial score (nSPS) is 10.5. The number of hydrogen-bond donors (Lipinski definition) is 0. The molecule has 0 spiro atoms. The molecule has 0 aliphatic carbocycles. The van der Waals surface area contributed by atoms with Crippen molar-refractivity contribution in [1.82, 2.24) is 19.6 Å². The lowest BCUT2D eigenvalue weighted by molar-refractivity contribution is 1.07. The third kappa shape index (κ3) is 0.657. The maximum absolute atomic E-state index is 5.62. The lowest BCUT2D eigenvalue weighted by Crippen LogP contribution is -1.84. The van der Waals surface area contributed by atoms with Crippen molar-refractivity contribution >= 4 is 17.2 Å². The molecule has 0 amide bonds. The van der Waals surface area contributed by atoms with Crippen LogP contribution in [0.1, 0.15) is 0 Å². The van der Waals surface area contributed by atoms with Gasteiger partial charge in [-0.25, -0.2) is 4.98 Å². The van der Waals surface area contributed by atoms with E-state index in [1.165, 1.54) is 0 Å². The predicted molar refractivity (Wildman–Crippen MR) is 35.8 cm³/mol. The molecule has 2 heterocycles. The minimum Gasteiger partial charge on any atom is -0.256 e. The molecule has 2 rings (SSSR count). The van der Waals surface area contributed by atoms with Gasteiger partial charge >= 0.3 is 0 Å². The van der Waals surface area contributed by atoms with Gasteiger partial charge in [0.05, 0.1) is 0 Å². The second-order valence-electron chi connectivity index (χ2n) is 1.78. The molecular formula is C5H3ClN4. The van der Waals surface area contributed by atoms with Gasteiger partial charge in [-0.2, -0.15) is 0 Å². The van der Waals surface area contributed by atoms with E-state index in [4.69, 9.17) is 11.6 Å². The summed E-state index contributed by atoms with van der Waals surface area (Å²) >= 11 is 5.62. The Hall–Kier alpha value is -1.16. The van der Waals surface area contributed by atoms with Gasteiger partial charge in [0, 0.05) is 12.3 Å². The Balaban J connectivity index is 2.93. The Morgan fingerprint density at radius 3 is 3.10 bits per heavy atom. The van der Waals surface area contributed by atoms with Crippen LogP contribution >= 0.6 is 11.6 Å². The van der Waals surface area contributed by atoms with Crippen LogP contribution in [-0.2, 0) is 0 Å². The lowest BCUT2D eigenvalue weighted by Gasteiger charge is -1.86. The molecular weight excluding hydrogens is 152 g/mol. The molecule has 10 heavy (non-hydrogen) atoms. The Labute approximate surface area is 61.5 Å². The van der Waals surface area contributed by atoms with E-state index in [0.29, 0.717) is 10.9 Å². The molecule has 0 radical (unpaired) electrons. The van der Waals surface area contributed by atoms with Crippen LogP contribution in [0, 0.1) is 0 Å². The first-order valence-electron chi connectivity index (χ1n) is 2.68. The van der Waals surface area contributed by atoms with Crippen LogP contribution in [0.25, 0.3) is 5.65 Å². The molecule has 2 aromatic heterocycles. The number of fused-ring (bicyclic) bond motifs is 1. The smallest absolute Gasteiger partial charge is 0.230 e. The maximum atomic E-state index is 5.62. The average Bonchev–Trinajstić information content (AvgIpc) is 2.34. The van der Waals surface area contributed by atoms with E-state index in [1.54, 1.807) is 23.0 Å². The third-order valence-electron chi connectivity index (χ3n) is 1.17. The van der Waals surface area contributed by atoms with Crippen LogP contribution in [0.2, 0.25) is 5.28 Å². The molecule has 0 N–H and O–H groups in total. The van der Waals surface area contributed by atoms with Crippen LogP contribution < -0.4 is 0 Å². The van der Waals surface area contributed by atoms with Gasteiger partial charge in [0.15, 0.2) is 5.65 Å². The average molecular weight is 155 g/mol. The highest BCUT2D eigenvalue weighted by molar-refractivity contribution is 6.28. The van der Waals surface area contributed by atoms with Gasteiger partial charge in [-0.05, 0) is 11.6 Å². The molecule has 0 fully saturated rings. The maximum Gasteiger partial charge on any atom is 0.230 e. The van der Waals surface area contributed by atoms with Gasteiger partial charge in [-0.15, -0.1) is 10.2 Å². The molecule has 5 heteroatoms. The molecule has 0 aromatic carbocycles. The number of nitrogens with zero attached hydrogens (tertiary/aromatic N) is 4. The SMILES string of the molecule is Clc1nnc2ccncn12. The molecule has 0 unspecified atom stereocenters. The summed E-state index contributed by atoms with van der Waals surface area (Å²) in [6, 6.07) is 1.74. The van der Waals surface area contributed by atoms with Gasteiger partial charge in [0.2, 0.25) is 5.28 Å². The van der Waals surface area contributed by atoms with Gasteiger partial charge in [-0.1, -0.05) is 0 Å². The van der Waals surface area contributed by atoms with E-state index in [-0.39, 0.29) is 0 Å². The van der Waals surface area contributed by atoms with E-state index < -0.39 is 0 Å². The molecule has 50 valence electrons. The summed E-state index contributed by atoms with van der Waals surface area (Å²) in [5.41, 5.74) is 0.708. The summed E-state index contributed by atoms with van der Waals surface area (Å²) in [6.07, 6.45) is 3.21. The minimum atomic E-state index is 0.336. The van der Waals surface area contributed by atoms with Crippen molar-refractivity contribution in [1.29, 1.82) is 0 Å². The Kier molecular flexibility index (Phi) is 1.07. The molecule has 0 saturated carbocycles. The molecule has 2 aromatic rings. The first kappa shape index (κ1) is 5.61. The zero-order chi connectivity index (χ0) is 6.97. The zero-order valence-corrected chi connectivity index (χ0v) is 5.65. The van der Waals surface area contributed by atoms with E-state index in [2.05, 4.69) is 15.2 Å². The lowest BCUT2D eigenvalue weighted by atomic mass is 10.6. The highest BCUT2D eigenvalue weighted by Crippen LogP contribution is 2.04. The summed E-state index contributed by atoms with van der Waals surface area (Å²) < 4.78 is 1.60. The predicted octanol–water partition coefficient (Wildman–Crippen LogP) is 0.778. The Morgan fingerprint density at radius 2 is 2.30 bits per heavy atom. The van der Waals surface area contributed by atoms with Crippen molar-refractivity contribution in [2.75, 3.05) is 0 Å². The van der Waals surface area contributed by atoms with Gasteiger partial charge in [0.25, 0.3) is 0 Å². The van der Waals surface area contributed by atoms with Crippen molar-refractivity contribution in [3.63, 3.8) is 0 Å². The highest BCUT2D eigenvalue weighted by atomic mass is 35.5. The van der Waals surface area contributed by atoms with Crippen LogP contribution in [0.5, 0.6) is 0 Å². The van der Waals surface area contributed by atoms with Crippen molar-refractivity contribution in [3.05, 3.63) is 23.9 Å². The zero-order valence-electron chi connectivity index (χ0n) is 4.90. The van der Waals surface area contributed by atoms with E-state index in [9.17, 15) is 0 Å². The molecule has 0 bridgehead atoms. The minimum absolute atomic E-state index is 0.336. The van der Waals surface area contributed by atoms with Crippen molar-refractivity contribution in [2.24, 2.45) is 0 Å². The largest absolute Gasteiger partial charge is 0.256 e. The van der Waals surface area contributed by atoms with Crippen LogP contribution in [-0.4, -0.2) is 19.6 Å². The summed E-state index contributed by atoms with van der Waals surface area (Å²) in [4.78, 5) is 3.84. The van der Waals surface area contributed by atoms with Crippen molar-refractivity contribution < 1.29 is 0 Å². The fourth-order valence-corrected chi connectivity index (χ4v) is 0.887. The van der Waals surface area contributed by atoms with E-state index in [0.717, 1.165) is 0 Å². The first-order valence-corrected chi connectivity index (χ1v) is 3.06. The van der Waals surface area contributed by atoms with Crippen molar-refractivity contribution in [2.45, 2.75) is 0 Å². The van der Waals surface area contributed by atoms with Crippen LogP contribution in [0.4, 0.5) is 0 Å². The Morgan fingerprint density at radius 1 is 1.40 bits per heavy atom. The second kappa shape index (κ2) is 1.91. The quantitative estimate of drug-likeness (QED) is 0.563. The Bertz CT molecular complexity index is 355. The molecule has 0 aliphatic rings. The van der Waals surface area contributed by atoms with Crippen LogP contribution in [0.3, 0.4) is 0 Å². The summed E-state index contributed by atoms with van der Waals surface area (Å²) in [6.45, 7) is 0. The van der Waals surface area contributed by atoms with Gasteiger partial charge < -0.3 is 0 Å². The number of hydrogen-bond acceptors (Lipinski definition) is 3. The molecule has 0 saturated heterocycles. The van der Waals surface area contributed by atoms with E-state index in [1.807, 2.05) is 0 Å². The fourth-order valence-electron chi connectivity index (χ4n) is 0.719. The standard InChI is InChI=1S/C5H3ClN4/c6-5-9-8-4-1-2-7-3-10(4)5/h1-3H. The van der Waals surface area contributed by atoms with E-state index >= 15 is 0 Å². The van der Waals surface area contributed by atoms with Gasteiger partial charge in [-0.3, -0.25) is 4.40 Å². The molecule has 0 atom stereocenters. The summed E-state index contributed by atoms with van der Waals surface area (Å²) in [7, 11) is 0. The summed E-state index contributed by atoms with van der Waals surface area (Å²) in [5.74, 6) is 0. The first-order chi connectivity index (χ1) is 4.88. The molecule has 4 nitrogen and oxygen atoms in total. The monoisotopic (exact) mass is 154 g/mol. The number of aromatic nitrogens is 4. The molecule has 0 aliphatic heterocycles. The third-order valence-corrected chi connectivity index (χ3v) is 1.43.